The van der Waals surface area contributed by atoms with Crippen molar-refractivity contribution in [3.63, 3.8) is 0 Å². The fourth-order valence-corrected chi connectivity index (χ4v) is 4.32. The van der Waals surface area contributed by atoms with E-state index >= 15 is 0 Å². The number of nitrogens with zero attached hydrogens (tertiary/aromatic N) is 3. The summed E-state index contributed by atoms with van der Waals surface area (Å²) in [6, 6.07) is 9.34. The first kappa shape index (κ1) is 16.4. The molecular formula is C21H28N4. The predicted octanol–water partition coefficient (Wildman–Crippen LogP) is 4.44. The van der Waals surface area contributed by atoms with Crippen molar-refractivity contribution in [2.75, 3.05) is 13.1 Å². The SMILES string of the molecule is Cc1cc(C)n(C2CCN(Cc3c(C)[nH]c4c(C)cccc34)CC2)n1. The Balaban J connectivity index is 1.48. The third-order valence-electron chi connectivity index (χ3n) is 5.69. The summed E-state index contributed by atoms with van der Waals surface area (Å²) >= 11 is 0. The van der Waals surface area contributed by atoms with Gasteiger partial charge in [0.05, 0.1) is 11.7 Å². The third-order valence-corrected chi connectivity index (χ3v) is 5.69. The summed E-state index contributed by atoms with van der Waals surface area (Å²) in [5.74, 6) is 0. The van der Waals surface area contributed by atoms with Crippen molar-refractivity contribution in [1.29, 1.82) is 0 Å². The summed E-state index contributed by atoms with van der Waals surface area (Å²) < 4.78 is 2.24. The van der Waals surface area contributed by atoms with Crippen LogP contribution < -0.4 is 0 Å². The lowest BCUT2D eigenvalue weighted by molar-refractivity contribution is 0.172. The molecule has 4 rings (SSSR count). The van der Waals surface area contributed by atoms with Crippen molar-refractivity contribution in [3.05, 3.63) is 52.5 Å². The van der Waals surface area contributed by atoms with Gasteiger partial charge in [-0.2, -0.15) is 5.10 Å². The zero-order valence-electron chi connectivity index (χ0n) is 15.8. The molecule has 4 heteroatoms. The Morgan fingerprint density at radius 2 is 1.88 bits per heavy atom. The molecule has 1 aliphatic rings. The van der Waals surface area contributed by atoms with Crippen LogP contribution in [-0.2, 0) is 6.54 Å². The van der Waals surface area contributed by atoms with Gasteiger partial charge in [-0.3, -0.25) is 9.58 Å². The maximum Gasteiger partial charge on any atom is 0.0596 e. The average Bonchev–Trinajstić information content (AvgIpc) is 3.09. The highest BCUT2D eigenvalue weighted by molar-refractivity contribution is 5.87. The molecule has 132 valence electrons. The topological polar surface area (TPSA) is 36.9 Å². The zero-order chi connectivity index (χ0) is 17.6. The molecule has 0 saturated carbocycles. The number of hydrogen-bond donors (Lipinski definition) is 1. The number of aromatic nitrogens is 3. The van der Waals surface area contributed by atoms with Crippen molar-refractivity contribution in [1.82, 2.24) is 19.7 Å². The number of likely N-dealkylation sites (tertiary alicyclic amines) is 1. The minimum Gasteiger partial charge on any atom is -0.358 e. The Labute approximate surface area is 149 Å². The summed E-state index contributed by atoms with van der Waals surface area (Å²) in [4.78, 5) is 6.19. The minimum atomic E-state index is 0.552. The second kappa shape index (κ2) is 6.34. The number of aromatic amines is 1. The largest absolute Gasteiger partial charge is 0.358 e. The smallest absolute Gasteiger partial charge is 0.0596 e. The molecule has 0 aliphatic carbocycles. The average molecular weight is 336 g/mol. The normalized spacial score (nSPS) is 16.8. The Kier molecular flexibility index (Phi) is 4.16. The van der Waals surface area contributed by atoms with Crippen LogP contribution in [0.4, 0.5) is 0 Å². The Morgan fingerprint density at radius 1 is 1.12 bits per heavy atom. The monoisotopic (exact) mass is 336 g/mol. The van der Waals surface area contributed by atoms with Gasteiger partial charge < -0.3 is 4.98 Å². The Bertz CT molecular complexity index is 894. The number of H-pyrrole nitrogens is 1. The first-order valence-corrected chi connectivity index (χ1v) is 9.35. The molecule has 1 saturated heterocycles. The van der Waals surface area contributed by atoms with Crippen LogP contribution in [0.3, 0.4) is 0 Å². The van der Waals surface area contributed by atoms with Gasteiger partial charge in [0.15, 0.2) is 0 Å². The summed E-state index contributed by atoms with van der Waals surface area (Å²) in [6.45, 7) is 12.0. The first-order chi connectivity index (χ1) is 12.0. The lowest BCUT2D eigenvalue weighted by Crippen LogP contribution is -2.34. The number of fused-ring (bicyclic) bond motifs is 1. The van der Waals surface area contributed by atoms with E-state index in [0.717, 1.165) is 25.3 Å². The van der Waals surface area contributed by atoms with Gasteiger partial charge >= 0.3 is 0 Å². The number of nitrogens with one attached hydrogen (secondary N) is 1. The van der Waals surface area contributed by atoms with Crippen LogP contribution in [0.5, 0.6) is 0 Å². The maximum absolute atomic E-state index is 4.69. The molecule has 1 N–H and O–H groups in total. The van der Waals surface area contributed by atoms with Crippen molar-refractivity contribution in [2.45, 2.75) is 53.1 Å². The molecule has 0 amide bonds. The highest BCUT2D eigenvalue weighted by Gasteiger charge is 2.23. The summed E-state index contributed by atoms with van der Waals surface area (Å²) in [5, 5.41) is 6.08. The van der Waals surface area contributed by atoms with E-state index < -0.39 is 0 Å². The number of hydrogen-bond acceptors (Lipinski definition) is 2. The van der Waals surface area contributed by atoms with Gasteiger partial charge in [0.2, 0.25) is 0 Å². The fraction of sp³-hybridized carbons (Fsp3) is 0.476. The number of piperidine rings is 1. The molecule has 0 unspecified atom stereocenters. The van der Waals surface area contributed by atoms with Crippen molar-refractivity contribution < 1.29 is 0 Å². The van der Waals surface area contributed by atoms with Crippen molar-refractivity contribution in [3.8, 4) is 0 Å². The molecule has 3 aromatic rings. The van der Waals surface area contributed by atoms with E-state index in [4.69, 9.17) is 5.10 Å². The molecule has 25 heavy (non-hydrogen) atoms. The lowest BCUT2D eigenvalue weighted by Gasteiger charge is -2.32. The molecule has 1 fully saturated rings. The van der Waals surface area contributed by atoms with E-state index in [1.165, 1.54) is 46.3 Å². The van der Waals surface area contributed by atoms with Crippen LogP contribution in [0.15, 0.2) is 24.3 Å². The van der Waals surface area contributed by atoms with E-state index in [1.807, 2.05) is 0 Å². The van der Waals surface area contributed by atoms with Crippen molar-refractivity contribution >= 4 is 10.9 Å². The molecule has 1 aromatic carbocycles. The number of para-hydroxylation sites is 1. The van der Waals surface area contributed by atoms with E-state index in [9.17, 15) is 0 Å². The molecule has 4 nitrogen and oxygen atoms in total. The van der Waals surface area contributed by atoms with Gasteiger partial charge in [0, 0.05) is 41.9 Å². The standard InChI is InChI=1S/C21H28N4/c1-14-6-5-7-19-20(17(4)22-21(14)19)13-24-10-8-18(9-11-24)25-16(3)12-15(2)23-25/h5-7,12,18,22H,8-11,13H2,1-4H3. The first-order valence-electron chi connectivity index (χ1n) is 9.35. The number of rotatable bonds is 3. The molecule has 3 heterocycles. The maximum atomic E-state index is 4.69. The highest BCUT2D eigenvalue weighted by Crippen LogP contribution is 2.29. The van der Waals surface area contributed by atoms with Gasteiger partial charge in [-0.05, 0) is 57.7 Å². The van der Waals surface area contributed by atoms with Crippen LogP contribution in [0.2, 0.25) is 0 Å². The molecule has 1 aliphatic heterocycles. The van der Waals surface area contributed by atoms with Crippen LogP contribution >= 0.6 is 0 Å². The van der Waals surface area contributed by atoms with E-state index in [-0.39, 0.29) is 0 Å². The van der Waals surface area contributed by atoms with Crippen LogP contribution in [0.1, 0.15) is 47.1 Å². The Morgan fingerprint density at radius 3 is 2.56 bits per heavy atom. The summed E-state index contributed by atoms with van der Waals surface area (Å²) in [6.07, 6.45) is 2.37. The summed E-state index contributed by atoms with van der Waals surface area (Å²) in [5.41, 5.74) is 7.82. The van der Waals surface area contributed by atoms with Gasteiger partial charge in [0.1, 0.15) is 0 Å². The third kappa shape index (κ3) is 2.99. The predicted molar refractivity (Wildman–Crippen MR) is 103 cm³/mol. The van der Waals surface area contributed by atoms with E-state index in [2.05, 4.69) is 66.5 Å². The summed E-state index contributed by atoms with van der Waals surface area (Å²) in [7, 11) is 0. The molecule has 0 spiro atoms. The molecule has 0 radical (unpaired) electrons. The van der Waals surface area contributed by atoms with Gasteiger partial charge in [0.25, 0.3) is 0 Å². The zero-order valence-corrected chi connectivity index (χ0v) is 15.8. The van der Waals surface area contributed by atoms with Crippen LogP contribution in [0.25, 0.3) is 10.9 Å². The van der Waals surface area contributed by atoms with Crippen LogP contribution in [-0.4, -0.2) is 32.8 Å². The highest BCUT2D eigenvalue weighted by atomic mass is 15.3. The Hall–Kier alpha value is -2.07. The molecule has 0 bridgehead atoms. The van der Waals surface area contributed by atoms with E-state index in [0.29, 0.717) is 6.04 Å². The second-order valence-corrected chi connectivity index (χ2v) is 7.61. The second-order valence-electron chi connectivity index (χ2n) is 7.61. The number of aryl methyl sites for hydroxylation is 4. The molecule has 0 atom stereocenters. The quantitative estimate of drug-likeness (QED) is 0.768. The van der Waals surface area contributed by atoms with Gasteiger partial charge in [-0.1, -0.05) is 18.2 Å². The van der Waals surface area contributed by atoms with Crippen LogP contribution in [0, 0.1) is 27.7 Å². The molecular weight excluding hydrogens is 308 g/mol. The molecule has 2 aromatic heterocycles. The fourth-order valence-electron chi connectivity index (χ4n) is 4.32. The minimum absolute atomic E-state index is 0.552. The van der Waals surface area contributed by atoms with Gasteiger partial charge in [-0.15, -0.1) is 0 Å². The lowest BCUT2D eigenvalue weighted by atomic mass is 10.0. The van der Waals surface area contributed by atoms with E-state index in [1.54, 1.807) is 0 Å². The van der Waals surface area contributed by atoms with Gasteiger partial charge in [-0.25, -0.2) is 0 Å². The van der Waals surface area contributed by atoms with Crippen molar-refractivity contribution in [2.24, 2.45) is 0 Å². The number of benzene rings is 1.